The normalized spacial score (nSPS) is 11.6. The zero-order valence-corrected chi connectivity index (χ0v) is 23.0. The van der Waals surface area contributed by atoms with E-state index in [1.54, 1.807) is 31.2 Å². The molecule has 0 aliphatic rings. The average molecular weight is 591 g/mol. The Morgan fingerprint density at radius 2 is 1.76 bits per heavy atom. The highest BCUT2D eigenvalue weighted by molar-refractivity contribution is 9.10. The number of benzene rings is 4. The summed E-state index contributed by atoms with van der Waals surface area (Å²) in [5.74, 6) is -0.487. The summed E-state index contributed by atoms with van der Waals surface area (Å²) < 4.78 is 37.1. The van der Waals surface area contributed by atoms with E-state index < -0.39 is 16.0 Å². The standard InChI is InChI=1S/C29H23BrN2O5S/c1-3-36-27-17-20(16-25(30)28(27)37-38(34,35)23-13-11-19(2)12-14-23)15-22(18-31)29(33)32-26-10-6-8-21-7-4-5-9-24(21)26/h4-17H,3H2,1-2H3,(H,32,33)/b22-15+. The molecule has 192 valence electrons. The van der Waals surface area contributed by atoms with Gasteiger partial charge in [0.1, 0.15) is 16.5 Å². The Kier molecular flexibility index (Phi) is 8.15. The fraction of sp³-hybridized carbons (Fsp3) is 0.103. The number of amides is 1. The Morgan fingerprint density at radius 1 is 1.05 bits per heavy atom. The Morgan fingerprint density at radius 3 is 2.47 bits per heavy atom. The molecule has 4 rings (SSSR count). The van der Waals surface area contributed by atoms with Gasteiger partial charge in [-0.1, -0.05) is 54.1 Å². The van der Waals surface area contributed by atoms with Gasteiger partial charge in [-0.05, 0) is 77.1 Å². The largest absolute Gasteiger partial charge is 0.490 e. The molecule has 0 radical (unpaired) electrons. The van der Waals surface area contributed by atoms with Crippen molar-refractivity contribution < 1.29 is 22.1 Å². The van der Waals surface area contributed by atoms with Gasteiger partial charge in [-0.25, -0.2) is 0 Å². The number of anilines is 1. The summed E-state index contributed by atoms with van der Waals surface area (Å²) in [5.41, 5.74) is 1.78. The maximum Gasteiger partial charge on any atom is 0.339 e. The molecular formula is C29H23BrN2O5S. The number of nitrogens with one attached hydrogen (secondary N) is 1. The molecule has 0 unspecified atom stereocenters. The second-order valence-corrected chi connectivity index (χ2v) is 10.7. The minimum absolute atomic E-state index is 0.00158. The summed E-state index contributed by atoms with van der Waals surface area (Å²) in [6.07, 6.45) is 1.39. The highest BCUT2D eigenvalue weighted by Gasteiger charge is 2.22. The van der Waals surface area contributed by atoms with Gasteiger partial charge in [0.2, 0.25) is 0 Å². The number of hydrogen-bond donors (Lipinski definition) is 1. The van der Waals surface area contributed by atoms with Gasteiger partial charge in [-0.15, -0.1) is 0 Å². The summed E-state index contributed by atoms with van der Waals surface area (Å²) >= 11 is 3.35. The van der Waals surface area contributed by atoms with Gasteiger partial charge in [0.05, 0.1) is 11.1 Å². The van der Waals surface area contributed by atoms with Crippen LogP contribution < -0.4 is 14.2 Å². The number of nitriles is 1. The van der Waals surface area contributed by atoms with Crippen LogP contribution in [-0.4, -0.2) is 20.9 Å². The lowest BCUT2D eigenvalue weighted by molar-refractivity contribution is -0.112. The topological polar surface area (TPSA) is 105 Å². The number of halogens is 1. The van der Waals surface area contributed by atoms with E-state index in [2.05, 4.69) is 21.2 Å². The van der Waals surface area contributed by atoms with Crippen LogP contribution in [0.25, 0.3) is 16.8 Å². The van der Waals surface area contributed by atoms with Crippen LogP contribution in [0.5, 0.6) is 11.5 Å². The van der Waals surface area contributed by atoms with Crippen molar-refractivity contribution in [3.05, 3.63) is 100 Å². The van der Waals surface area contributed by atoms with E-state index in [1.807, 2.05) is 49.4 Å². The summed E-state index contributed by atoms with van der Waals surface area (Å²) in [5, 5.41) is 14.3. The number of fused-ring (bicyclic) bond motifs is 1. The van der Waals surface area contributed by atoms with Crippen LogP contribution in [0.4, 0.5) is 5.69 Å². The van der Waals surface area contributed by atoms with Crippen LogP contribution in [0.15, 0.2) is 93.8 Å². The average Bonchev–Trinajstić information content (AvgIpc) is 2.90. The first-order valence-corrected chi connectivity index (χ1v) is 13.8. The second kappa shape index (κ2) is 11.5. The summed E-state index contributed by atoms with van der Waals surface area (Å²) in [6.45, 7) is 3.82. The predicted molar refractivity (Wildman–Crippen MR) is 150 cm³/mol. The minimum atomic E-state index is -4.14. The van der Waals surface area contributed by atoms with Gasteiger partial charge in [0, 0.05) is 11.1 Å². The molecule has 0 aliphatic carbocycles. The van der Waals surface area contributed by atoms with E-state index in [1.165, 1.54) is 24.3 Å². The molecule has 0 aromatic heterocycles. The van der Waals surface area contributed by atoms with Gasteiger partial charge < -0.3 is 14.2 Å². The minimum Gasteiger partial charge on any atom is -0.490 e. The van der Waals surface area contributed by atoms with Gasteiger partial charge in [-0.2, -0.15) is 13.7 Å². The van der Waals surface area contributed by atoms with Gasteiger partial charge in [0.15, 0.2) is 11.5 Å². The second-order valence-electron chi connectivity index (χ2n) is 8.26. The Labute approximate surface area is 229 Å². The van der Waals surface area contributed by atoms with Crippen molar-refractivity contribution in [1.29, 1.82) is 5.26 Å². The van der Waals surface area contributed by atoms with E-state index in [9.17, 15) is 18.5 Å². The first-order chi connectivity index (χ1) is 18.2. The lowest BCUT2D eigenvalue weighted by Gasteiger charge is -2.15. The maximum absolute atomic E-state index is 13.0. The Hall–Kier alpha value is -4.13. The van der Waals surface area contributed by atoms with Crippen molar-refractivity contribution in [2.24, 2.45) is 0 Å². The molecule has 1 N–H and O–H groups in total. The first-order valence-electron chi connectivity index (χ1n) is 11.6. The third-order valence-corrected chi connectivity index (χ3v) is 7.37. The molecule has 1 amide bonds. The zero-order valence-electron chi connectivity index (χ0n) is 20.6. The molecule has 0 aliphatic heterocycles. The predicted octanol–water partition coefficient (Wildman–Crippen LogP) is 6.62. The van der Waals surface area contributed by atoms with E-state index >= 15 is 0 Å². The van der Waals surface area contributed by atoms with E-state index in [0.717, 1.165) is 16.3 Å². The highest BCUT2D eigenvalue weighted by Crippen LogP contribution is 2.39. The number of rotatable bonds is 8. The van der Waals surface area contributed by atoms with Crippen molar-refractivity contribution >= 4 is 54.5 Å². The fourth-order valence-corrected chi connectivity index (χ4v) is 5.32. The number of nitrogens with zero attached hydrogens (tertiary/aromatic N) is 1. The Bertz CT molecular complexity index is 1690. The number of ether oxygens (including phenoxy) is 1. The van der Waals surface area contributed by atoms with Crippen molar-refractivity contribution in [2.45, 2.75) is 18.7 Å². The number of hydrogen-bond acceptors (Lipinski definition) is 6. The molecule has 0 atom stereocenters. The fourth-order valence-electron chi connectivity index (χ4n) is 3.72. The lowest BCUT2D eigenvalue weighted by Crippen LogP contribution is -2.14. The van der Waals surface area contributed by atoms with Crippen molar-refractivity contribution in [2.75, 3.05) is 11.9 Å². The number of carbonyl (C=O) groups is 1. The molecular weight excluding hydrogens is 568 g/mol. The Balaban J connectivity index is 1.65. The smallest absolute Gasteiger partial charge is 0.339 e. The van der Waals surface area contributed by atoms with E-state index in [-0.39, 0.29) is 33.0 Å². The molecule has 0 fully saturated rings. The lowest BCUT2D eigenvalue weighted by atomic mass is 10.1. The van der Waals surface area contributed by atoms with Gasteiger partial charge >= 0.3 is 10.1 Å². The van der Waals surface area contributed by atoms with Crippen LogP contribution in [0.2, 0.25) is 0 Å². The molecule has 0 saturated heterocycles. The molecule has 9 heteroatoms. The molecule has 0 spiro atoms. The van der Waals surface area contributed by atoms with Crippen LogP contribution in [0.1, 0.15) is 18.1 Å². The van der Waals surface area contributed by atoms with Gasteiger partial charge in [-0.3, -0.25) is 4.79 Å². The van der Waals surface area contributed by atoms with Crippen LogP contribution >= 0.6 is 15.9 Å². The summed E-state index contributed by atoms with van der Waals surface area (Å²) in [7, 11) is -4.14. The molecule has 0 bridgehead atoms. The first kappa shape index (κ1) is 26.9. The third-order valence-electron chi connectivity index (χ3n) is 5.55. The SMILES string of the molecule is CCOc1cc(/C=C(\C#N)C(=O)Nc2cccc3ccccc23)cc(Br)c1OS(=O)(=O)c1ccc(C)cc1. The number of aryl methyl sites for hydroxylation is 1. The van der Waals surface area contributed by atoms with E-state index in [0.29, 0.717) is 11.3 Å². The van der Waals surface area contributed by atoms with Crippen molar-refractivity contribution in [3.63, 3.8) is 0 Å². The molecule has 0 saturated carbocycles. The molecule has 38 heavy (non-hydrogen) atoms. The molecule has 0 heterocycles. The zero-order chi connectivity index (χ0) is 27.3. The quantitative estimate of drug-likeness (QED) is 0.140. The summed E-state index contributed by atoms with van der Waals surface area (Å²) in [6, 6.07) is 24.4. The van der Waals surface area contributed by atoms with Crippen LogP contribution in [0.3, 0.4) is 0 Å². The maximum atomic E-state index is 13.0. The highest BCUT2D eigenvalue weighted by atomic mass is 79.9. The van der Waals surface area contributed by atoms with Gasteiger partial charge in [0.25, 0.3) is 5.91 Å². The summed E-state index contributed by atoms with van der Waals surface area (Å²) in [4.78, 5) is 13.0. The van der Waals surface area contributed by atoms with Crippen LogP contribution in [-0.2, 0) is 14.9 Å². The van der Waals surface area contributed by atoms with Crippen molar-refractivity contribution in [1.82, 2.24) is 0 Å². The molecule has 4 aromatic carbocycles. The van der Waals surface area contributed by atoms with E-state index in [4.69, 9.17) is 8.92 Å². The van der Waals surface area contributed by atoms with Crippen LogP contribution in [0, 0.1) is 18.3 Å². The monoisotopic (exact) mass is 590 g/mol. The van der Waals surface area contributed by atoms with Crippen molar-refractivity contribution in [3.8, 4) is 17.6 Å². The third kappa shape index (κ3) is 6.05. The molecule has 7 nitrogen and oxygen atoms in total. The number of carbonyl (C=O) groups excluding carboxylic acids is 1. The molecule has 4 aromatic rings.